The highest BCUT2D eigenvalue weighted by atomic mass is 32.2. The number of carboxylic acids is 1. The lowest BCUT2D eigenvalue weighted by molar-refractivity contribution is -0.137. The van der Waals surface area contributed by atoms with Crippen molar-refractivity contribution in [3.63, 3.8) is 0 Å². The molecule has 1 aromatic rings. The number of hydrogen-bond donors (Lipinski definition) is 1. The summed E-state index contributed by atoms with van der Waals surface area (Å²) in [6.45, 7) is 3.45. The number of hydrogen-bond acceptors (Lipinski definition) is 4. The molecule has 8 heteroatoms. The van der Waals surface area contributed by atoms with Crippen LogP contribution in [0.5, 0.6) is 0 Å². The minimum atomic E-state index is -3.62. The fourth-order valence-electron chi connectivity index (χ4n) is 2.70. The zero-order valence-electron chi connectivity index (χ0n) is 11.6. The van der Waals surface area contributed by atoms with Gasteiger partial charge in [-0.05, 0) is 26.7 Å². The van der Waals surface area contributed by atoms with Crippen LogP contribution < -0.4 is 0 Å². The van der Waals surface area contributed by atoms with E-state index in [4.69, 9.17) is 5.11 Å². The molecule has 0 radical (unpaired) electrons. The minimum absolute atomic E-state index is 0.0495. The number of carbonyl (C=O) groups is 1. The van der Waals surface area contributed by atoms with Crippen molar-refractivity contribution in [2.24, 2.45) is 0 Å². The van der Waals surface area contributed by atoms with E-state index in [9.17, 15) is 13.2 Å². The number of sulfonamides is 1. The number of aromatic nitrogens is 2. The molecule has 0 unspecified atom stereocenters. The van der Waals surface area contributed by atoms with Crippen LogP contribution in [0.4, 0.5) is 0 Å². The van der Waals surface area contributed by atoms with Crippen molar-refractivity contribution in [1.29, 1.82) is 0 Å². The SMILES string of the molecule is C[C@@H]1CCC[C@H](C)N1S(=O)(=O)c1cnn(CC(=O)O)c1. The Bertz CT molecular complexity index is 586. The van der Waals surface area contributed by atoms with Crippen LogP contribution in [-0.2, 0) is 21.4 Å². The van der Waals surface area contributed by atoms with Crippen LogP contribution in [0.1, 0.15) is 33.1 Å². The molecular weight excluding hydrogens is 282 g/mol. The molecular formula is C12H19N3O4S. The van der Waals surface area contributed by atoms with Gasteiger partial charge in [-0.15, -0.1) is 0 Å². The van der Waals surface area contributed by atoms with Crippen LogP contribution in [0.25, 0.3) is 0 Å². The first-order valence-electron chi connectivity index (χ1n) is 6.60. The highest BCUT2D eigenvalue weighted by molar-refractivity contribution is 7.89. The molecule has 0 bridgehead atoms. The number of nitrogens with zero attached hydrogens (tertiary/aromatic N) is 3. The van der Waals surface area contributed by atoms with E-state index in [0.29, 0.717) is 0 Å². The molecule has 2 rings (SSSR count). The van der Waals surface area contributed by atoms with Gasteiger partial charge < -0.3 is 5.11 Å². The van der Waals surface area contributed by atoms with E-state index >= 15 is 0 Å². The molecule has 0 amide bonds. The van der Waals surface area contributed by atoms with Crippen molar-refractivity contribution in [2.75, 3.05) is 0 Å². The Balaban J connectivity index is 2.29. The van der Waals surface area contributed by atoms with E-state index in [1.165, 1.54) is 16.7 Å². The zero-order chi connectivity index (χ0) is 14.9. The number of aliphatic carboxylic acids is 1. The van der Waals surface area contributed by atoms with Gasteiger partial charge in [0, 0.05) is 18.3 Å². The van der Waals surface area contributed by atoms with Crippen molar-refractivity contribution in [3.05, 3.63) is 12.4 Å². The molecule has 7 nitrogen and oxygen atoms in total. The van der Waals surface area contributed by atoms with Gasteiger partial charge in [-0.3, -0.25) is 9.48 Å². The van der Waals surface area contributed by atoms with Crippen molar-refractivity contribution in [1.82, 2.24) is 14.1 Å². The second kappa shape index (κ2) is 5.53. The third kappa shape index (κ3) is 2.85. The summed E-state index contributed by atoms with van der Waals surface area (Å²) in [4.78, 5) is 10.7. The molecule has 20 heavy (non-hydrogen) atoms. The van der Waals surface area contributed by atoms with E-state index in [2.05, 4.69) is 5.10 Å². The molecule has 2 heterocycles. The predicted octanol–water partition coefficient (Wildman–Crippen LogP) is 0.919. The largest absolute Gasteiger partial charge is 0.480 e. The Kier molecular flexibility index (Phi) is 4.14. The summed E-state index contributed by atoms with van der Waals surface area (Å²) in [5, 5.41) is 12.5. The summed E-state index contributed by atoms with van der Waals surface area (Å²) in [7, 11) is -3.62. The number of rotatable bonds is 4. The van der Waals surface area contributed by atoms with E-state index in [-0.39, 0.29) is 23.5 Å². The van der Waals surface area contributed by atoms with Crippen LogP contribution >= 0.6 is 0 Å². The highest BCUT2D eigenvalue weighted by Crippen LogP contribution is 2.29. The molecule has 1 aliphatic heterocycles. The van der Waals surface area contributed by atoms with Crippen LogP contribution in [0.15, 0.2) is 17.3 Å². The molecule has 1 fully saturated rings. The molecule has 112 valence electrons. The fourth-order valence-corrected chi connectivity index (χ4v) is 4.53. The summed E-state index contributed by atoms with van der Waals surface area (Å²) in [5.74, 6) is -1.06. The lowest BCUT2D eigenvalue weighted by Crippen LogP contribution is -2.47. The Hall–Kier alpha value is -1.41. The van der Waals surface area contributed by atoms with E-state index in [1.54, 1.807) is 0 Å². The summed E-state index contributed by atoms with van der Waals surface area (Å²) in [6, 6.07) is -0.0989. The Labute approximate surface area is 118 Å². The van der Waals surface area contributed by atoms with E-state index < -0.39 is 16.0 Å². The van der Waals surface area contributed by atoms with Crippen LogP contribution in [0.3, 0.4) is 0 Å². The van der Waals surface area contributed by atoms with Gasteiger partial charge in [0.15, 0.2) is 0 Å². The Morgan fingerprint density at radius 3 is 2.55 bits per heavy atom. The highest BCUT2D eigenvalue weighted by Gasteiger charge is 2.36. The van der Waals surface area contributed by atoms with Gasteiger partial charge in [-0.25, -0.2) is 8.42 Å². The minimum Gasteiger partial charge on any atom is -0.480 e. The molecule has 0 aromatic carbocycles. The Morgan fingerprint density at radius 1 is 1.40 bits per heavy atom. The second-order valence-electron chi connectivity index (χ2n) is 5.23. The van der Waals surface area contributed by atoms with Crippen LogP contribution in [0, 0.1) is 0 Å². The van der Waals surface area contributed by atoms with Crippen molar-refractivity contribution in [3.8, 4) is 0 Å². The van der Waals surface area contributed by atoms with Crippen molar-refractivity contribution >= 4 is 16.0 Å². The van der Waals surface area contributed by atoms with Gasteiger partial charge in [0.05, 0.1) is 6.20 Å². The summed E-state index contributed by atoms with van der Waals surface area (Å²) in [6.07, 6.45) is 5.19. The van der Waals surface area contributed by atoms with Gasteiger partial charge in [0.25, 0.3) is 0 Å². The first-order valence-corrected chi connectivity index (χ1v) is 8.04. The van der Waals surface area contributed by atoms with Crippen LogP contribution in [-0.4, -0.2) is 45.7 Å². The number of carboxylic acid groups (broad SMARTS) is 1. The predicted molar refractivity (Wildman–Crippen MR) is 71.7 cm³/mol. The normalized spacial score (nSPS) is 24.7. The lowest BCUT2D eigenvalue weighted by Gasteiger charge is -2.37. The third-order valence-corrected chi connectivity index (χ3v) is 5.68. The molecule has 1 N–H and O–H groups in total. The fraction of sp³-hybridized carbons (Fsp3) is 0.667. The maximum Gasteiger partial charge on any atom is 0.325 e. The maximum atomic E-state index is 12.6. The molecule has 0 spiro atoms. The first kappa shape index (κ1) is 15.0. The number of piperidine rings is 1. The topological polar surface area (TPSA) is 92.5 Å². The summed E-state index contributed by atoms with van der Waals surface area (Å²) >= 11 is 0. The van der Waals surface area contributed by atoms with Crippen molar-refractivity contribution in [2.45, 2.75) is 56.6 Å². The molecule has 1 aromatic heterocycles. The second-order valence-corrected chi connectivity index (χ2v) is 7.07. The lowest BCUT2D eigenvalue weighted by atomic mass is 10.0. The molecule has 0 saturated carbocycles. The standard InChI is InChI=1S/C12H19N3O4S/c1-9-4-3-5-10(2)15(9)20(18,19)11-6-13-14(7-11)8-12(16)17/h6-7,9-10H,3-5,8H2,1-2H3,(H,16,17)/t9-,10+. The average molecular weight is 301 g/mol. The smallest absolute Gasteiger partial charge is 0.325 e. The van der Waals surface area contributed by atoms with Gasteiger partial charge in [0.1, 0.15) is 11.4 Å². The molecule has 1 aliphatic rings. The van der Waals surface area contributed by atoms with E-state index in [1.807, 2.05) is 13.8 Å². The monoisotopic (exact) mass is 301 g/mol. The summed E-state index contributed by atoms with van der Waals surface area (Å²) < 4.78 is 27.9. The van der Waals surface area contributed by atoms with Gasteiger partial charge in [0.2, 0.25) is 10.0 Å². The van der Waals surface area contributed by atoms with Crippen LogP contribution in [0.2, 0.25) is 0 Å². The maximum absolute atomic E-state index is 12.6. The Morgan fingerprint density at radius 2 is 2.00 bits per heavy atom. The molecule has 1 saturated heterocycles. The van der Waals surface area contributed by atoms with Gasteiger partial charge in [-0.2, -0.15) is 9.40 Å². The third-order valence-electron chi connectivity index (χ3n) is 3.59. The molecule has 2 atom stereocenters. The van der Waals surface area contributed by atoms with Gasteiger partial charge >= 0.3 is 5.97 Å². The summed E-state index contributed by atoms with van der Waals surface area (Å²) in [5.41, 5.74) is 0. The molecule has 0 aliphatic carbocycles. The first-order chi connectivity index (χ1) is 9.32. The van der Waals surface area contributed by atoms with Gasteiger partial charge in [-0.1, -0.05) is 6.42 Å². The quantitative estimate of drug-likeness (QED) is 0.892. The zero-order valence-corrected chi connectivity index (χ0v) is 12.4. The van der Waals surface area contributed by atoms with E-state index in [0.717, 1.165) is 23.9 Å². The average Bonchev–Trinajstić information content (AvgIpc) is 2.76. The van der Waals surface area contributed by atoms with Crippen molar-refractivity contribution < 1.29 is 18.3 Å².